The minimum Gasteiger partial charge on any atom is -0.445 e. The number of nitrogens with zero attached hydrogens (tertiary/aromatic N) is 3. The summed E-state index contributed by atoms with van der Waals surface area (Å²) in [7, 11) is 0. The molecule has 20 heavy (non-hydrogen) atoms. The third kappa shape index (κ3) is 2.54. The number of aromatic nitrogens is 2. The highest BCUT2D eigenvalue weighted by Crippen LogP contribution is 2.21. The van der Waals surface area contributed by atoms with E-state index in [-0.39, 0.29) is 18.6 Å². The lowest BCUT2D eigenvalue weighted by Gasteiger charge is -2.14. The summed E-state index contributed by atoms with van der Waals surface area (Å²) in [5, 5.41) is 0. The van der Waals surface area contributed by atoms with Crippen molar-refractivity contribution in [3.63, 3.8) is 0 Å². The first-order valence-corrected chi connectivity index (χ1v) is 6.28. The smallest absolute Gasteiger partial charge is 0.410 e. The largest absolute Gasteiger partial charge is 0.445 e. The fraction of sp³-hybridized carbons (Fsp3) is 0.214. The quantitative estimate of drug-likeness (QED) is 0.898. The van der Waals surface area contributed by atoms with Gasteiger partial charge in [-0.2, -0.15) is 0 Å². The van der Waals surface area contributed by atoms with Gasteiger partial charge in [0.15, 0.2) is 0 Å². The molecule has 2 N–H and O–H groups in total. The van der Waals surface area contributed by atoms with Crippen LogP contribution >= 0.6 is 0 Å². The summed E-state index contributed by atoms with van der Waals surface area (Å²) in [6.07, 6.45) is 1.30. The second-order valence-corrected chi connectivity index (χ2v) is 4.60. The number of ether oxygens (including phenoxy) is 1. The van der Waals surface area contributed by atoms with Crippen LogP contribution in [0.2, 0.25) is 0 Å². The van der Waals surface area contributed by atoms with E-state index in [0.717, 1.165) is 16.8 Å². The van der Waals surface area contributed by atoms with Gasteiger partial charge >= 0.3 is 6.09 Å². The number of fused-ring (bicyclic) bond motifs is 1. The predicted octanol–water partition coefficient (Wildman–Crippen LogP) is 1.71. The average Bonchev–Trinajstić information content (AvgIpc) is 2.89. The van der Waals surface area contributed by atoms with Gasteiger partial charge in [0.1, 0.15) is 6.61 Å². The van der Waals surface area contributed by atoms with Crippen LogP contribution in [-0.2, 0) is 24.4 Å². The number of carbonyl (C=O) groups is 1. The Morgan fingerprint density at radius 2 is 2.10 bits per heavy atom. The number of rotatable bonds is 2. The van der Waals surface area contributed by atoms with Crippen molar-refractivity contribution in [2.75, 3.05) is 5.73 Å². The molecule has 0 unspecified atom stereocenters. The molecule has 0 aliphatic carbocycles. The first-order valence-electron chi connectivity index (χ1n) is 6.28. The summed E-state index contributed by atoms with van der Waals surface area (Å²) >= 11 is 0. The highest BCUT2D eigenvalue weighted by atomic mass is 16.6. The summed E-state index contributed by atoms with van der Waals surface area (Å²) in [5.41, 5.74) is 8.19. The maximum atomic E-state index is 12.0. The summed E-state index contributed by atoms with van der Waals surface area (Å²) in [5.74, 6) is 0.225. The Balaban J connectivity index is 1.60. The van der Waals surface area contributed by atoms with Crippen molar-refractivity contribution >= 4 is 12.0 Å². The molecule has 102 valence electrons. The topological polar surface area (TPSA) is 81.3 Å². The SMILES string of the molecule is Nc1ncc2c(n1)CN(C(=O)OCc1ccccc1)C2. The highest BCUT2D eigenvalue weighted by molar-refractivity contribution is 5.68. The maximum absolute atomic E-state index is 12.0. The van der Waals surface area contributed by atoms with Crippen LogP contribution < -0.4 is 5.73 Å². The Hall–Kier alpha value is -2.63. The number of carbonyl (C=O) groups excluding carboxylic acids is 1. The number of amides is 1. The summed E-state index contributed by atoms with van der Waals surface area (Å²) < 4.78 is 5.28. The second kappa shape index (κ2) is 5.16. The molecular weight excluding hydrogens is 256 g/mol. The highest BCUT2D eigenvalue weighted by Gasteiger charge is 2.26. The molecule has 0 fully saturated rings. The van der Waals surface area contributed by atoms with Crippen LogP contribution in [0.3, 0.4) is 0 Å². The van der Waals surface area contributed by atoms with Crippen LogP contribution in [0.15, 0.2) is 36.5 Å². The molecule has 2 heterocycles. The number of hydrogen-bond acceptors (Lipinski definition) is 5. The lowest BCUT2D eigenvalue weighted by molar-refractivity contribution is 0.0953. The predicted molar refractivity (Wildman–Crippen MR) is 72.3 cm³/mol. The third-order valence-electron chi connectivity index (χ3n) is 3.14. The summed E-state index contributed by atoms with van der Waals surface area (Å²) in [6.45, 7) is 1.14. The van der Waals surface area contributed by atoms with Crippen molar-refractivity contribution < 1.29 is 9.53 Å². The van der Waals surface area contributed by atoms with Crippen LogP contribution in [0.5, 0.6) is 0 Å². The van der Waals surface area contributed by atoms with Gasteiger partial charge in [-0.25, -0.2) is 14.8 Å². The van der Waals surface area contributed by atoms with Gasteiger partial charge in [0.05, 0.1) is 18.8 Å². The van der Waals surface area contributed by atoms with E-state index in [1.807, 2.05) is 30.3 Å². The Kier molecular flexibility index (Phi) is 3.20. The first-order chi connectivity index (χ1) is 9.72. The van der Waals surface area contributed by atoms with Crippen molar-refractivity contribution in [1.29, 1.82) is 0 Å². The second-order valence-electron chi connectivity index (χ2n) is 4.60. The molecule has 3 rings (SSSR count). The standard InChI is InChI=1S/C14H14N4O2/c15-13-16-6-11-7-18(8-12(11)17-13)14(19)20-9-10-4-2-1-3-5-10/h1-6H,7-9H2,(H2,15,16,17). The number of benzene rings is 1. The molecule has 0 radical (unpaired) electrons. The van der Waals surface area contributed by atoms with Crippen molar-refractivity contribution in [1.82, 2.24) is 14.9 Å². The van der Waals surface area contributed by atoms with Crippen LogP contribution in [0.25, 0.3) is 0 Å². The van der Waals surface area contributed by atoms with Crippen molar-refractivity contribution in [2.45, 2.75) is 19.7 Å². The van der Waals surface area contributed by atoms with Crippen LogP contribution in [-0.4, -0.2) is 21.0 Å². The van der Waals surface area contributed by atoms with Gasteiger partial charge < -0.3 is 10.5 Å². The van der Waals surface area contributed by atoms with E-state index < -0.39 is 0 Å². The zero-order chi connectivity index (χ0) is 13.9. The fourth-order valence-electron chi connectivity index (χ4n) is 2.11. The van der Waals surface area contributed by atoms with E-state index in [1.54, 1.807) is 11.1 Å². The maximum Gasteiger partial charge on any atom is 0.410 e. The molecule has 0 spiro atoms. The first kappa shape index (κ1) is 12.4. The normalized spacial score (nSPS) is 13.1. The van der Waals surface area contributed by atoms with Gasteiger partial charge in [0.25, 0.3) is 0 Å². The summed E-state index contributed by atoms with van der Waals surface area (Å²) in [4.78, 5) is 21.6. The molecule has 0 saturated heterocycles. The van der Waals surface area contributed by atoms with E-state index in [4.69, 9.17) is 10.5 Å². The van der Waals surface area contributed by atoms with E-state index in [2.05, 4.69) is 9.97 Å². The molecule has 0 bridgehead atoms. The zero-order valence-electron chi connectivity index (χ0n) is 10.8. The molecule has 1 amide bonds. The molecule has 0 atom stereocenters. The van der Waals surface area contributed by atoms with E-state index >= 15 is 0 Å². The Labute approximate surface area is 116 Å². The molecule has 0 saturated carbocycles. The van der Waals surface area contributed by atoms with Gasteiger partial charge in [-0.05, 0) is 5.56 Å². The van der Waals surface area contributed by atoms with Gasteiger partial charge in [0, 0.05) is 11.8 Å². The number of nitrogen functional groups attached to an aromatic ring is 1. The Morgan fingerprint density at radius 1 is 1.30 bits per heavy atom. The molecule has 2 aromatic rings. The number of hydrogen-bond donors (Lipinski definition) is 1. The average molecular weight is 270 g/mol. The van der Waals surface area contributed by atoms with Crippen LogP contribution in [0.4, 0.5) is 10.7 Å². The monoisotopic (exact) mass is 270 g/mol. The fourth-order valence-corrected chi connectivity index (χ4v) is 2.11. The molecule has 1 aromatic heterocycles. The molecule has 6 nitrogen and oxygen atoms in total. The minimum atomic E-state index is -0.356. The summed E-state index contributed by atoms with van der Waals surface area (Å²) in [6, 6.07) is 9.57. The zero-order valence-corrected chi connectivity index (χ0v) is 10.8. The van der Waals surface area contributed by atoms with E-state index in [1.165, 1.54) is 0 Å². The van der Waals surface area contributed by atoms with E-state index in [0.29, 0.717) is 13.1 Å². The third-order valence-corrected chi connectivity index (χ3v) is 3.14. The van der Waals surface area contributed by atoms with Crippen LogP contribution in [0, 0.1) is 0 Å². The molecular formula is C14H14N4O2. The Bertz CT molecular complexity index is 630. The number of nitrogens with two attached hydrogens (primary N) is 1. The van der Waals surface area contributed by atoms with Crippen LogP contribution in [0.1, 0.15) is 16.8 Å². The van der Waals surface area contributed by atoms with Gasteiger partial charge in [0.2, 0.25) is 5.95 Å². The van der Waals surface area contributed by atoms with Gasteiger partial charge in [-0.3, -0.25) is 4.90 Å². The molecule has 1 aliphatic heterocycles. The van der Waals surface area contributed by atoms with E-state index in [9.17, 15) is 4.79 Å². The number of anilines is 1. The molecule has 1 aromatic carbocycles. The van der Waals surface area contributed by atoms with Crippen molar-refractivity contribution in [2.24, 2.45) is 0 Å². The molecule has 1 aliphatic rings. The van der Waals surface area contributed by atoms with Gasteiger partial charge in [-0.15, -0.1) is 0 Å². The van der Waals surface area contributed by atoms with Crippen molar-refractivity contribution in [3.05, 3.63) is 53.3 Å². The Morgan fingerprint density at radius 3 is 2.90 bits per heavy atom. The van der Waals surface area contributed by atoms with Crippen molar-refractivity contribution in [3.8, 4) is 0 Å². The lowest BCUT2D eigenvalue weighted by atomic mass is 10.2. The minimum absolute atomic E-state index is 0.225. The lowest BCUT2D eigenvalue weighted by Crippen LogP contribution is -2.26. The van der Waals surface area contributed by atoms with Gasteiger partial charge in [-0.1, -0.05) is 30.3 Å². The molecule has 6 heteroatoms.